The second kappa shape index (κ2) is 6.40. The highest BCUT2D eigenvalue weighted by molar-refractivity contribution is 5.76. The molecule has 1 aliphatic heterocycles. The summed E-state index contributed by atoms with van der Waals surface area (Å²) in [6, 6.07) is 8.46. The standard InChI is InChI=1S/C17H24N2O/c1-2-3-4-7-12-19-15-10-6-5-9-14(15)18-17(19)16-11-8-13-20-16/h5-6,9-10,16H,2-4,7-8,11-13H2,1H3/t16-/m1/s1. The van der Waals surface area contributed by atoms with Crippen LogP contribution in [0.5, 0.6) is 0 Å². The molecule has 1 atom stereocenters. The third-order valence-corrected chi connectivity index (χ3v) is 4.14. The first-order valence-electron chi connectivity index (χ1n) is 7.97. The number of nitrogens with zero attached hydrogens (tertiary/aromatic N) is 2. The minimum Gasteiger partial charge on any atom is -0.370 e. The molecule has 3 nitrogen and oxygen atoms in total. The number of hydrogen-bond donors (Lipinski definition) is 0. The Kier molecular flexibility index (Phi) is 4.36. The SMILES string of the molecule is CCCCCCn1c([C@H]2CCCO2)nc2ccccc21. The number of para-hydroxylation sites is 2. The summed E-state index contributed by atoms with van der Waals surface area (Å²) >= 11 is 0. The van der Waals surface area contributed by atoms with Gasteiger partial charge in [-0.2, -0.15) is 0 Å². The number of aromatic nitrogens is 2. The van der Waals surface area contributed by atoms with Crippen LogP contribution in [0.4, 0.5) is 0 Å². The van der Waals surface area contributed by atoms with Crippen molar-refractivity contribution in [2.45, 2.75) is 58.1 Å². The van der Waals surface area contributed by atoms with Gasteiger partial charge in [-0.3, -0.25) is 0 Å². The molecule has 1 aliphatic rings. The summed E-state index contributed by atoms with van der Waals surface area (Å²) in [5.74, 6) is 1.14. The Balaban J connectivity index is 1.87. The van der Waals surface area contributed by atoms with E-state index in [0.717, 1.165) is 37.3 Å². The number of fused-ring (bicyclic) bond motifs is 1. The van der Waals surface area contributed by atoms with Gasteiger partial charge in [0.15, 0.2) is 0 Å². The van der Waals surface area contributed by atoms with Crippen LogP contribution in [0.15, 0.2) is 24.3 Å². The number of rotatable bonds is 6. The van der Waals surface area contributed by atoms with Crippen molar-refractivity contribution < 1.29 is 4.74 Å². The van der Waals surface area contributed by atoms with Gasteiger partial charge in [-0.25, -0.2) is 4.98 Å². The van der Waals surface area contributed by atoms with Gasteiger partial charge in [0.1, 0.15) is 11.9 Å². The highest BCUT2D eigenvalue weighted by Gasteiger charge is 2.24. The summed E-state index contributed by atoms with van der Waals surface area (Å²) in [5, 5.41) is 0. The van der Waals surface area contributed by atoms with E-state index in [0.29, 0.717) is 0 Å². The minimum atomic E-state index is 0.202. The largest absolute Gasteiger partial charge is 0.370 e. The average Bonchev–Trinajstić information content (AvgIpc) is 3.11. The van der Waals surface area contributed by atoms with Crippen molar-refractivity contribution in [3.63, 3.8) is 0 Å². The fourth-order valence-electron chi connectivity index (χ4n) is 3.05. The molecule has 0 bridgehead atoms. The summed E-state index contributed by atoms with van der Waals surface area (Å²) in [6.07, 6.45) is 7.60. The van der Waals surface area contributed by atoms with Crippen LogP contribution in [0, 0.1) is 0 Å². The molecule has 0 amide bonds. The van der Waals surface area contributed by atoms with Gasteiger partial charge >= 0.3 is 0 Å². The summed E-state index contributed by atoms with van der Waals surface area (Å²) in [4.78, 5) is 4.83. The fourth-order valence-corrected chi connectivity index (χ4v) is 3.05. The van der Waals surface area contributed by atoms with Crippen molar-refractivity contribution in [2.75, 3.05) is 6.61 Å². The molecule has 1 aromatic carbocycles. The molecule has 20 heavy (non-hydrogen) atoms. The molecule has 2 aromatic rings. The summed E-state index contributed by atoms with van der Waals surface area (Å²) in [6.45, 7) is 4.20. The van der Waals surface area contributed by atoms with Crippen molar-refractivity contribution in [1.82, 2.24) is 9.55 Å². The lowest BCUT2D eigenvalue weighted by Gasteiger charge is -2.13. The molecule has 3 rings (SSSR count). The van der Waals surface area contributed by atoms with Crippen LogP contribution in [0.1, 0.15) is 57.4 Å². The van der Waals surface area contributed by atoms with E-state index in [-0.39, 0.29) is 6.10 Å². The molecule has 108 valence electrons. The molecular weight excluding hydrogens is 248 g/mol. The summed E-state index contributed by atoms with van der Waals surface area (Å²) < 4.78 is 8.24. The molecule has 0 spiro atoms. The van der Waals surface area contributed by atoms with Crippen LogP contribution in [-0.4, -0.2) is 16.2 Å². The normalized spacial score (nSPS) is 18.9. The monoisotopic (exact) mass is 272 g/mol. The molecule has 0 radical (unpaired) electrons. The maximum Gasteiger partial charge on any atom is 0.139 e. The first kappa shape index (κ1) is 13.6. The van der Waals surface area contributed by atoms with E-state index < -0.39 is 0 Å². The smallest absolute Gasteiger partial charge is 0.139 e. The van der Waals surface area contributed by atoms with Crippen molar-refractivity contribution in [3.8, 4) is 0 Å². The van der Waals surface area contributed by atoms with Crippen molar-refractivity contribution in [2.24, 2.45) is 0 Å². The highest BCUT2D eigenvalue weighted by atomic mass is 16.5. The van der Waals surface area contributed by atoms with Crippen LogP contribution >= 0.6 is 0 Å². The zero-order valence-electron chi connectivity index (χ0n) is 12.3. The van der Waals surface area contributed by atoms with Crippen LogP contribution in [-0.2, 0) is 11.3 Å². The van der Waals surface area contributed by atoms with E-state index >= 15 is 0 Å². The summed E-state index contributed by atoms with van der Waals surface area (Å²) in [7, 11) is 0. The van der Waals surface area contributed by atoms with E-state index in [1.807, 2.05) is 0 Å². The molecular formula is C17H24N2O. The Labute approximate surface area is 121 Å². The number of ether oxygens (including phenoxy) is 1. The second-order valence-corrected chi connectivity index (χ2v) is 5.67. The fraction of sp³-hybridized carbons (Fsp3) is 0.588. The van der Waals surface area contributed by atoms with E-state index in [1.54, 1.807) is 0 Å². The van der Waals surface area contributed by atoms with Gasteiger partial charge in [-0.1, -0.05) is 38.3 Å². The van der Waals surface area contributed by atoms with Crippen molar-refractivity contribution in [3.05, 3.63) is 30.1 Å². The van der Waals surface area contributed by atoms with Gasteiger partial charge in [-0.15, -0.1) is 0 Å². The summed E-state index contributed by atoms with van der Waals surface area (Å²) in [5.41, 5.74) is 2.36. The first-order valence-corrected chi connectivity index (χ1v) is 7.97. The molecule has 1 saturated heterocycles. The van der Waals surface area contributed by atoms with Crippen LogP contribution < -0.4 is 0 Å². The zero-order valence-corrected chi connectivity index (χ0v) is 12.3. The molecule has 3 heteroatoms. The quantitative estimate of drug-likeness (QED) is 0.725. The molecule has 1 fully saturated rings. The third-order valence-electron chi connectivity index (χ3n) is 4.14. The molecule has 0 saturated carbocycles. The van der Waals surface area contributed by atoms with Gasteiger partial charge in [-0.05, 0) is 31.4 Å². The molecule has 0 N–H and O–H groups in total. The van der Waals surface area contributed by atoms with Gasteiger partial charge < -0.3 is 9.30 Å². The Morgan fingerprint density at radius 2 is 2.15 bits per heavy atom. The second-order valence-electron chi connectivity index (χ2n) is 5.67. The Morgan fingerprint density at radius 1 is 1.25 bits per heavy atom. The van der Waals surface area contributed by atoms with Crippen LogP contribution in [0.3, 0.4) is 0 Å². The Morgan fingerprint density at radius 3 is 2.95 bits per heavy atom. The number of imidazole rings is 1. The van der Waals surface area contributed by atoms with Crippen molar-refractivity contribution in [1.29, 1.82) is 0 Å². The lowest BCUT2D eigenvalue weighted by molar-refractivity contribution is 0.102. The maximum absolute atomic E-state index is 5.85. The lowest BCUT2D eigenvalue weighted by Crippen LogP contribution is -2.09. The zero-order chi connectivity index (χ0) is 13.8. The number of unbranched alkanes of at least 4 members (excludes halogenated alkanes) is 3. The van der Waals surface area contributed by atoms with E-state index in [2.05, 4.69) is 35.8 Å². The number of hydrogen-bond acceptors (Lipinski definition) is 2. The average molecular weight is 272 g/mol. The third kappa shape index (κ3) is 2.73. The molecule has 0 aliphatic carbocycles. The maximum atomic E-state index is 5.85. The van der Waals surface area contributed by atoms with Gasteiger partial charge in [0, 0.05) is 13.2 Å². The van der Waals surface area contributed by atoms with E-state index in [1.165, 1.54) is 31.2 Å². The van der Waals surface area contributed by atoms with Crippen LogP contribution in [0.2, 0.25) is 0 Å². The first-order chi connectivity index (χ1) is 9.90. The number of aryl methyl sites for hydroxylation is 1. The van der Waals surface area contributed by atoms with Crippen LogP contribution in [0.25, 0.3) is 11.0 Å². The van der Waals surface area contributed by atoms with Crippen molar-refractivity contribution >= 4 is 11.0 Å². The molecule has 0 unspecified atom stereocenters. The minimum absolute atomic E-state index is 0.202. The van der Waals surface area contributed by atoms with Gasteiger partial charge in [0.25, 0.3) is 0 Å². The van der Waals surface area contributed by atoms with Gasteiger partial charge in [0.2, 0.25) is 0 Å². The predicted octanol–water partition coefficient (Wildman–Crippen LogP) is 4.47. The molecule has 2 heterocycles. The van der Waals surface area contributed by atoms with E-state index in [9.17, 15) is 0 Å². The predicted molar refractivity (Wildman–Crippen MR) is 81.8 cm³/mol. The Bertz CT molecular complexity index is 555. The lowest BCUT2D eigenvalue weighted by atomic mass is 10.2. The van der Waals surface area contributed by atoms with E-state index in [4.69, 9.17) is 9.72 Å². The Hall–Kier alpha value is -1.35. The molecule has 1 aromatic heterocycles. The highest BCUT2D eigenvalue weighted by Crippen LogP contribution is 2.30. The number of benzene rings is 1. The topological polar surface area (TPSA) is 27.1 Å². The van der Waals surface area contributed by atoms with Gasteiger partial charge in [0.05, 0.1) is 11.0 Å².